The molecule has 0 amide bonds. The second-order valence-corrected chi connectivity index (χ2v) is 3.76. The second kappa shape index (κ2) is 5.12. The van der Waals surface area contributed by atoms with Crippen LogP contribution in [0.2, 0.25) is 0 Å². The van der Waals surface area contributed by atoms with Crippen molar-refractivity contribution in [1.29, 1.82) is 0 Å². The van der Waals surface area contributed by atoms with Crippen LogP contribution < -0.4 is 0 Å². The number of aromatic nitrogens is 1. The predicted molar refractivity (Wildman–Crippen MR) is 55.3 cm³/mol. The van der Waals surface area contributed by atoms with Gasteiger partial charge in [-0.1, -0.05) is 0 Å². The molecule has 1 aromatic carbocycles. The van der Waals surface area contributed by atoms with Crippen LogP contribution in [0.1, 0.15) is 5.56 Å². The van der Waals surface area contributed by atoms with E-state index in [4.69, 9.17) is 5.11 Å². The number of hydrogen-bond donors (Lipinski definition) is 1. The quantitative estimate of drug-likeness (QED) is 0.524. The first-order valence-corrected chi connectivity index (χ1v) is 5.15. The van der Waals surface area contributed by atoms with Crippen molar-refractivity contribution < 1.29 is 31.4 Å². The third-order valence-corrected chi connectivity index (χ3v) is 2.57. The molecular weight excluding hydrogens is 288 g/mol. The van der Waals surface area contributed by atoms with Crippen LogP contribution in [0.4, 0.5) is 26.3 Å². The number of aliphatic hydroxyl groups is 1. The molecule has 1 aromatic heterocycles. The van der Waals surface area contributed by atoms with Crippen LogP contribution in [0.5, 0.6) is 0 Å². The summed E-state index contributed by atoms with van der Waals surface area (Å²) in [6.45, 7) is -0.823. The van der Waals surface area contributed by atoms with E-state index in [2.05, 4.69) is 4.98 Å². The van der Waals surface area contributed by atoms with Gasteiger partial charge in [0.25, 0.3) is 0 Å². The zero-order chi connectivity index (χ0) is 15.0. The third-order valence-electron chi connectivity index (χ3n) is 2.57. The molecule has 0 aliphatic carbocycles. The minimum absolute atomic E-state index is 0.390. The number of rotatable bonds is 2. The van der Waals surface area contributed by atoms with Crippen LogP contribution in [0.25, 0.3) is 11.3 Å². The van der Waals surface area contributed by atoms with E-state index in [9.17, 15) is 26.3 Å². The SMILES string of the molecule is OCc1cc(-c2c(F)c(F)c(F)c(F)c2F)ncc1F. The topological polar surface area (TPSA) is 33.1 Å². The molecule has 2 aromatic rings. The van der Waals surface area contributed by atoms with E-state index < -0.39 is 52.8 Å². The lowest BCUT2D eigenvalue weighted by Gasteiger charge is -2.09. The summed E-state index contributed by atoms with van der Waals surface area (Å²) in [7, 11) is 0. The van der Waals surface area contributed by atoms with Crippen molar-refractivity contribution in [3.63, 3.8) is 0 Å². The van der Waals surface area contributed by atoms with Crippen molar-refractivity contribution >= 4 is 0 Å². The van der Waals surface area contributed by atoms with Gasteiger partial charge in [0, 0.05) is 5.56 Å². The van der Waals surface area contributed by atoms with E-state index in [0.717, 1.165) is 0 Å². The lowest BCUT2D eigenvalue weighted by Crippen LogP contribution is -2.05. The van der Waals surface area contributed by atoms with Gasteiger partial charge < -0.3 is 5.11 Å². The van der Waals surface area contributed by atoms with Gasteiger partial charge in [-0.2, -0.15) is 0 Å². The lowest BCUT2D eigenvalue weighted by atomic mass is 10.1. The zero-order valence-electron chi connectivity index (χ0n) is 9.52. The fourth-order valence-corrected chi connectivity index (χ4v) is 1.57. The number of aliphatic hydroxyl groups excluding tert-OH is 1. The minimum Gasteiger partial charge on any atom is -0.392 e. The van der Waals surface area contributed by atoms with E-state index in [0.29, 0.717) is 12.3 Å². The Hall–Kier alpha value is -2.09. The average Bonchev–Trinajstić information content (AvgIpc) is 2.45. The molecule has 0 saturated carbocycles. The smallest absolute Gasteiger partial charge is 0.200 e. The first-order chi connectivity index (χ1) is 9.38. The van der Waals surface area contributed by atoms with Gasteiger partial charge in [-0.25, -0.2) is 26.3 Å². The normalized spacial score (nSPS) is 10.9. The van der Waals surface area contributed by atoms with Gasteiger partial charge in [0.2, 0.25) is 5.82 Å². The molecule has 2 nitrogen and oxygen atoms in total. The Morgan fingerprint density at radius 1 is 0.850 bits per heavy atom. The van der Waals surface area contributed by atoms with Gasteiger partial charge in [-0.05, 0) is 6.07 Å². The van der Waals surface area contributed by atoms with E-state index in [1.807, 2.05) is 0 Å². The summed E-state index contributed by atoms with van der Waals surface area (Å²) in [5.41, 5.74) is -2.35. The average molecular weight is 293 g/mol. The van der Waals surface area contributed by atoms with Gasteiger partial charge in [0.05, 0.1) is 24.1 Å². The Bertz CT molecular complexity index is 659. The minimum atomic E-state index is -2.30. The van der Waals surface area contributed by atoms with Crippen molar-refractivity contribution in [2.45, 2.75) is 6.61 Å². The monoisotopic (exact) mass is 293 g/mol. The molecule has 1 N–H and O–H groups in total. The first kappa shape index (κ1) is 14.3. The summed E-state index contributed by atoms with van der Waals surface area (Å²) < 4.78 is 79.1. The van der Waals surface area contributed by atoms with Gasteiger partial charge in [0.15, 0.2) is 23.3 Å². The summed E-state index contributed by atoms with van der Waals surface area (Å²) in [5, 5.41) is 8.82. The highest BCUT2D eigenvalue weighted by Gasteiger charge is 2.27. The lowest BCUT2D eigenvalue weighted by molar-refractivity contribution is 0.275. The van der Waals surface area contributed by atoms with Crippen molar-refractivity contribution in [2.75, 3.05) is 0 Å². The van der Waals surface area contributed by atoms with Gasteiger partial charge in [-0.3, -0.25) is 4.98 Å². The fourth-order valence-electron chi connectivity index (χ4n) is 1.57. The molecule has 0 atom stereocenters. The summed E-state index contributed by atoms with van der Waals surface area (Å²) in [6.07, 6.45) is 0.513. The Labute approximate surface area is 108 Å². The predicted octanol–water partition coefficient (Wildman–Crippen LogP) is 3.08. The maximum Gasteiger partial charge on any atom is 0.200 e. The maximum atomic E-state index is 13.5. The van der Waals surface area contributed by atoms with Crippen molar-refractivity contribution in [3.05, 3.63) is 52.7 Å². The zero-order valence-corrected chi connectivity index (χ0v) is 9.52. The molecule has 20 heavy (non-hydrogen) atoms. The van der Waals surface area contributed by atoms with Crippen LogP contribution in [0.3, 0.4) is 0 Å². The van der Waals surface area contributed by atoms with Gasteiger partial charge in [-0.15, -0.1) is 0 Å². The van der Waals surface area contributed by atoms with E-state index >= 15 is 0 Å². The molecule has 1 heterocycles. The highest BCUT2D eigenvalue weighted by atomic mass is 19.2. The summed E-state index contributed by atoms with van der Waals surface area (Å²) >= 11 is 0. The molecule has 0 radical (unpaired) electrons. The molecule has 0 aliphatic heterocycles. The number of halogens is 6. The molecule has 8 heteroatoms. The van der Waals surface area contributed by atoms with E-state index in [-0.39, 0.29) is 5.56 Å². The third kappa shape index (κ3) is 2.11. The van der Waals surface area contributed by atoms with Gasteiger partial charge in [0.1, 0.15) is 5.82 Å². The number of benzene rings is 1. The number of nitrogens with zero attached hydrogens (tertiary/aromatic N) is 1. The van der Waals surface area contributed by atoms with Crippen molar-refractivity contribution in [2.24, 2.45) is 0 Å². The number of hydrogen-bond acceptors (Lipinski definition) is 2. The highest BCUT2D eigenvalue weighted by Crippen LogP contribution is 2.31. The summed E-state index contributed by atoms with van der Waals surface area (Å²) in [4.78, 5) is 3.27. The van der Waals surface area contributed by atoms with Crippen molar-refractivity contribution in [1.82, 2.24) is 4.98 Å². The molecule has 0 aliphatic rings. The summed E-state index contributed by atoms with van der Waals surface area (Å²) in [6, 6.07) is 0.702. The molecule has 0 spiro atoms. The molecule has 0 fully saturated rings. The van der Waals surface area contributed by atoms with Crippen LogP contribution in [0, 0.1) is 34.9 Å². The molecule has 0 unspecified atom stereocenters. The van der Waals surface area contributed by atoms with Crippen LogP contribution in [0.15, 0.2) is 12.3 Å². The molecule has 106 valence electrons. The fraction of sp³-hybridized carbons (Fsp3) is 0.0833. The van der Waals surface area contributed by atoms with Crippen LogP contribution >= 0.6 is 0 Å². The van der Waals surface area contributed by atoms with Crippen LogP contribution in [-0.4, -0.2) is 10.1 Å². The Morgan fingerprint density at radius 2 is 1.35 bits per heavy atom. The Balaban J connectivity index is 2.76. The Kier molecular flexibility index (Phi) is 3.67. The largest absolute Gasteiger partial charge is 0.392 e. The Morgan fingerprint density at radius 3 is 1.85 bits per heavy atom. The molecule has 0 saturated heterocycles. The summed E-state index contributed by atoms with van der Waals surface area (Å²) in [5.74, 6) is -11.7. The molecule has 2 rings (SSSR count). The van der Waals surface area contributed by atoms with Gasteiger partial charge >= 0.3 is 0 Å². The maximum absolute atomic E-state index is 13.5. The first-order valence-electron chi connectivity index (χ1n) is 5.15. The molecular formula is C12H5F6NO. The van der Waals surface area contributed by atoms with E-state index in [1.165, 1.54) is 0 Å². The van der Waals surface area contributed by atoms with Crippen LogP contribution in [-0.2, 0) is 6.61 Å². The molecule has 0 bridgehead atoms. The van der Waals surface area contributed by atoms with Crippen molar-refractivity contribution in [3.8, 4) is 11.3 Å². The highest BCUT2D eigenvalue weighted by molar-refractivity contribution is 5.62. The van der Waals surface area contributed by atoms with E-state index in [1.54, 1.807) is 0 Å². The standard InChI is InChI=1S/C12H5F6NO/c13-5-2-19-6(1-4(5)3-20)7-8(14)10(16)12(18)11(17)9(7)15/h1-2,20H,3H2. The second-order valence-electron chi connectivity index (χ2n) is 3.76. The number of pyridine rings is 1.